The number of amides is 2. The molecule has 2 fully saturated rings. The van der Waals surface area contributed by atoms with E-state index in [1.807, 2.05) is 13.8 Å². The molecule has 0 bridgehead atoms. The molecule has 3 N–H and O–H groups in total. The Morgan fingerprint density at radius 1 is 1.41 bits per heavy atom. The summed E-state index contributed by atoms with van der Waals surface area (Å²) in [4.78, 5) is 40.2. The van der Waals surface area contributed by atoms with Crippen LogP contribution in [-0.2, 0) is 14.4 Å². The van der Waals surface area contributed by atoms with Gasteiger partial charge in [-0.3, -0.25) is 14.5 Å². The zero-order valence-electron chi connectivity index (χ0n) is 16.2. The Labute approximate surface area is 163 Å². The van der Waals surface area contributed by atoms with Gasteiger partial charge in [0.1, 0.15) is 5.70 Å². The van der Waals surface area contributed by atoms with Gasteiger partial charge in [0.05, 0.1) is 23.6 Å². The summed E-state index contributed by atoms with van der Waals surface area (Å²) >= 11 is 1.44. The molecule has 0 unspecified atom stereocenters. The highest BCUT2D eigenvalue weighted by atomic mass is 32.2. The van der Waals surface area contributed by atoms with E-state index in [1.54, 1.807) is 25.9 Å². The Morgan fingerprint density at radius 2 is 2.04 bits per heavy atom. The van der Waals surface area contributed by atoms with Gasteiger partial charge in [-0.25, -0.2) is 4.79 Å². The third kappa shape index (κ3) is 2.87. The van der Waals surface area contributed by atoms with Gasteiger partial charge < -0.3 is 20.4 Å². The van der Waals surface area contributed by atoms with Gasteiger partial charge in [-0.2, -0.15) is 0 Å². The number of carbonyl (C=O) groups is 3. The topological polar surface area (TPSA) is 110 Å². The largest absolute Gasteiger partial charge is 0.477 e. The second kappa shape index (κ2) is 6.79. The average molecular weight is 397 g/mol. The van der Waals surface area contributed by atoms with E-state index in [0.717, 1.165) is 0 Å². The molecule has 3 rings (SSSR count). The van der Waals surface area contributed by atoms with Crippen LogP contribution in [0.4, 0.5) is 0 Å². The van der Waals surface area contributed by atoms with Crippen LogP contribution in [0.25, 0.3) is 0 Å². The first-order chi connectivity index (χ1) is 12.5. The maximum atomic E-state index is 12.5. The number of aliphatic carboxylic acids is 1. The minimum atomic E-state index is -1.13. The number of likely N-dealkylation sites (N-methyl/N-ethyl adjacent to an activating group) is 1. The predicted octanol–water partition coefficient (Wildman–Crippen LogP) is 0.0821. The molecular weight excluding hydrogens is 370 g/mol. The van der Waals surface area contributed by atoms with Crippen LogP contribution in [0.3, 0.4) is 0 Å². The lowest BCUT2D eigenvalue weighted by Crippen LogP contribution is -2.71. The molecule has 27 heavy (non-hydrogen) atoms. The van der Waals surface area contributed by atoms with Crippen molar-refractivity contribution in [2.75, 3.05) is 20.6 Å². The number of fused-ring (bicyclic) bond motifs is 1. The monoisotopic (exact) mass is 397 g/mol. The number of hydrogen-bond acceptors (Lipinski definition) is 6. The van der Waals surface area contributed by atoms with Crippen molar-refractivity contribution in [2.24, 2.45) is 11.8 Å². The number of aliphatic hydroxyl groups excluding tert-OH is 1. The van der Waals surface area contributed by atoms with Crippen LogP contribution in [0.1, 0.15) is 27.2 Å². The predicted molar refractivity (Wildman–Crippen MR) is 101 cm³/mol. The van der Waals surface area contributed by atoms with Gasteiger partial charge in [0, 0.05) is 36.7 Å². The highest BCUT2D eigenvalue weighted by Crippen LogP contribution is 2.58. The van der Waals surface area contributed by atoms with Gasteiger partial charge in [0.2, 0.25) is 11.8 Å². The highest BCUT2D eigenvalue weighted by Gasteiger charge is 2.68. The molecule has 0 saturated carbocycles. The number of carboxylic acids is 1. The molecule has 6 atom stereocenters. The van der Waals surface area contributed by atoms with Crippen LogP contribution in [-0.4, -0.2) is 81.4 Å². The van der Waals surface area contributed by atoms with E-state index in [2.05, 4.69) is 5.32 Å². The van der Waals surface area contributed by atoms with E-state index >= 15 is 0 Å². The molecule has 0 aliphatic carbocycles. The molecule has 3 heterocycles. The average Bonchev–Trinajstić information content (AvgIpc) is 3.09. The molecule has 2 saturated heterocycles. The Hall–Kier alpha value is -1.58. The van der Waals surface area contributed by atoms with Crippen LogP contribution in [0.2, 0.25) is 0 Å². The van der Waals surface area contributed by atoms with E-state index in [0.29, 0.717) is 17.9 Å². The number of β-lactam (4-membered cyclic amide) rings is 1. The first kappa shape index (κ1) is 20.2. The molecule has 150 valence electrons. The van der Waals surface area contributed by atoms with Crippen LogP contribution < -0.4 is 5.32 Å². The summed E-state index contributed by atoms with van der Waals surface area (Å²) in [5, 5.41) is 23.1. The quantitative estimate of drug-likeness (QED) is 0.564. The summed E-state index contributed by atoms with van der Waals surface area (Å²) in [5.74, 6) is -2.26. The van der Waals surface area contributed by atoms with Crippen molar-refractivity contribution in [3.63, 3.8) is 0 Å². The first-order valence-electron chi connectivity index (χ1n) is 9.12. The fraction of sp³-hybridized carbons (Fsp3) is 0.722. The van der Waals surface area contributed by atoms with Crippen molar-refractivity contribution < 1.29 is 24.6 Å². The zero-order valence-corrected chi connectivity index (χ0v) is 17.0. The summed E-state index contributed by atoms with van der Waals surface area (Å²) in [7, 11) is 3.42. The molecule has 0 spiro atoms. The van der Waals surface area contributed by atoms with Crippen molar-refractivity contribution in [3.8, 4) is 0 Å². The van der Waals surface area contributed by atoms with Gasteiger partial charge in [-0.05, 0) is 20.3 Å². The molecule has 0 aromatic rings. The number of thioether (sulfide) groups is 1. The maximum absolute atomic E-state index is 12.5. The molecule has 9 heteroatoms. The summed E-state index contributed by atoms with van der Waals surface area (Å²) in [5.41, 5.74) is -0.703. The third-order valence-corrected chi connectivity index (χ3v) is 7.63. The molecule has 0 aromatic carbocycles. The summed E-state index contributed by atoms with van der Waals surface area (Å²) < 4.78 is 0. The van der Waals surface area contributed by atoms with E-state index in [1.165, 1.54) is 16.7 Å². The van der Waals surface area contributed by atoms with Crippen LogP contribution >= 0.6 is 11.8 Å². The molecule has 0 radical (unpaired) electrons. The number of nitrogens with zero attached hydrogens (tertiary/aromatic N) is 2. The minimum absolute atomic E-state index is 0.00476. The number of rotatable bonds is 5. The minimum Gasteiger partial charge on any atom is -0.477 e. The summed E-state index contributed by atoms with van der Waals surface area (Å²) in [6, 6.07) is -0.275. The van der Waals surface area contributed by atoms with E-state index in [9.17, 15) is 24.6 Å². The Kier molecular flexibility index (Phi) is 5.07. The smallest absolute Gasteiger partial charge is 0.353 e. The lowest BCUT2D eigenvalue weighted by atomic mass is 9.67. The summed E-state index contributed by atoms with van der Waals surface area (Å²) in [6.45, 7) is 5.93. The molecule has 2 amide bonds. The number of aliphatic hydroxyl groups is 1. The number of carboxylic acid groups (broad SMARTS) is 1. The summed E-state index contributed by atoms with van der Waals surface area (Å²) in [6.07, 6.45) is -0.231. The third-order valence-electron chi connectivity index (χ3n) is 6.13. The van der Waals surface area contributed by atoms with Crippen LogP contribution in [0.5, 0.6) is 0 Å². The molecular formula is C18H27N3O5S. The van der Waals surface area contributed by atoms with Crippen molar-refractivity contribution in [1.82, 2.24) is 15.1 Å². The van der Waals surface area contributed by atoms with Crippen molar-refractivity contribution in [2.45, 2.75) is 50.1 Å². The Morgan fingerprint density at radius 3 is 2.56 bits per heavy atom. The van der Waals surface area contributed by atoms with Crippen LogP contribution in [0.15, 0.2) is 10.6 Å². The van der Waals surface area contributed by atoms with E-state index < -0.39 is 23.5 Å². The van der Waals surface area contributed by atoms with Gasteiger partial charge in [-0.1, -0.05) is 6.92 Å². The molecule has 3 aliphatic rings. The molecule has 3 aliphatic heterocycles. The maximum Gasteiger partial charge on any atom is 0.353 e. The molecule has 0 aromatic heterocycles. The standard InChI is InChI=1S/C18H27N3O5S/c1-8-14(27-10-6-11(19-7-10)15(23)20(4)5)13(17(25)26)21-16(24)12(9(2)22)18(8,21)3/h8-12,19,22H,6-7H2,1-5H3,(H,25,26)/t8-,9+,10-,11-,12-,18+/m0/s1. The number of nitrogens with one attached hydrogen (secondary N) is 1. The van der Waals surface area contributed by atoms with E-state index in [-0.39, 0.29) is 34.7 Å². The lowest BCUT2D eigenvalue weighted by molar-refractivity contribution is -0.177. The second-order valence-electron chi connectivity index (χ2n) is 8.03. The van der Waals surface area contributed by atoms with Crippen molar-refractivity contribution in [1.29, 1.82) is 0 Å². The van der Waals surface area contributed by atoms with Gasteiger partial charge >= 0.3 is 5.97 Å². The van der Waals surface area contributed by atoms with Gasteiger partial charge in [-0.15, -0.1) is 11.8 Å². The number of carbonyl (C=O) groups excluding carboxylic acids is 2. The van der Waals surface area contributed by atoms with Crippen molar-refractivity contribution >= 4 is 29.5 Å². The Bertz CT molecular complexity index is 722. The normalized spacial score (nSPS) is 36.5. The number of hydrogen-bond donors (Lipinski definition) is 3. The van der Waals surface area contributed by atoms with Gasteiger partial charge in [0.15, 0.2) is 0 Å². The van der Waals surface area contributed by atoms with Crippen molar-refractivity contribution in [3.05, 3.63) is 10.6 Å². The second-order valence-corrected chi connectivity index (χ2v) is 9.37. The fourth-order valence-corrected chi connectivity index (χ4v) is 6.18. The SMILES string of the molecule is C[C@@H](O)[C@H]1C(=O)N2C(C(=O)O)=C(S[C@@H]3CN[C@H](C(=O)N(C)C)C3)[C@H](C)[C@]12C. The Balaban J connectivity index is 1.84. The lowest BCUT2D eigenvalue weighted by Gasteiger charge is -2.55. The fourth-order valence-electron chi connectivity index (χ4n) is 4.62. The highest BCUT2D eigenvalue weighted by molar-refractivity contribution is 8.03. The zero-order chi connectivity index (χ0) is 20.3. The van der Waals surface area contributed by atoms with E-state index in [4.69, 9.17) is 0 Å². The van der Waals surface area contributed by atoms with Gasteiger partial charge in [0.25, 0.3) is 0 Å². The van der Waals surface area contributed by atoms with Crippen LogP contribution in [0, 0.1) is 11.8 Å². The molecule has 8 nitrogen and oxygen atoms in total. The first-order valence-corrected chi connectivity index (χ1v) is 10.0.